The Bertz CT molecular complexity index is 681. The van der Waals surface area contributed by atoms with Crippen molar-refractivity contribution in [3.8, 4) is 0 Å². The number of aromatic nitrogens is 2. The lowest BCUT2D eigenvalue weighted by Gasteiger charge is -2.17. The third-order valence-electron chi connectivity index (χ3n) is 4.05. The van der Waals surface area contributed by atoms with Crippen molar-refractivity contribution in [3.05, 3.63) is 52.6 Å². The summed E-state index contributed by atoms with van der Waals surface area (Å²) in [6, 6.07) is 3.98. The van der Waals surface area contributed by atoms with E-state index in [1.54, 1.807) is 0 Å². The lowest BCUT2D eigenvalue weighted by Crippen LogP contribution is -2.26. The van der Waals surface area contributed by atoms with Gasteiger partial charge in [-0.1, -0.05) is 0 Å². The number of nitrogens with one attached hydrogen (secondary N) is 2. The standard InChI is InChI=1S/C16H20N4O.ClH/c1-11-14(4-6-20(11)2)16(21)19-9-12-7-13-10-17-5-3-15(13)18-8-12;/h4,6-8,17H,3,5,9-10H2,1-2H3,(H,19,21);1H. The fourth-order valence-electron chi connectivity index (χ4n) is 2.62. The maximum absolute atomic E-state index is 12.2. The van der Waals surface area contributed by atoms with Gasteiger partial charge in [0.25, 0.3) is 5.91 Å². The molecule has 1 amide bonds. The van der Waals surface area contributed by atoms with Gasteiger partial charge in [-0.3, -0.25) is 9.78 Å². The first kappa shape index (κ1) is 16.5. The molecule has 0 fully saturated rings. The molecule has 0 unspecified atom stereocenters. The van der Waals surface area contributed by atoms with Crippen LogP contribution in [0.1, 0.15) is 32.9 Å². The van der Waals surface area contributed by atoms with Crippen molar-refractivity contribution in [1.29, 1.82) is 0 Å². The van der Waals surface area contributed by atoms with Crippen LogP contribution in [-0.2, 0) is 26.6 Å². The van der Waals surface area contributed by atoms with E-state index in [0.29, 0.717) is 6.54 Å². The summed E-state index contributed by atoms with van der Waals surface area (Å²) in [5.74, 6) is -0.0380. The molecule has 0 atom stereocenters. The van der Waals surface area contributed by atoms with Crippen molar-refractivity contribution in [2.75, 3.05) is 6.54 Å². The Morgan fingerprint density at radius 3 is 3.05 bits per heavy atom. The van der Waals surface area contributed by atoms with Gasteiger partial charge in [-0.2, -0.15) is 0 Å². The highest BCUT2D eigenvalue weighted by atomic mass is 35.5. The fourth-order valence-corrected chi connectivity index (χ4v) is 2.62. The predicted molar refractivity (Wildman–Crippen MR) is 88.2 cm³/mol. The number of carbonyl (C=O) groups excluding carboxylic acids is 1. The molecule has 3 heterocycles. The summed E-state index contributed by atoms with van der Waals surface area (Å²) in [5, 5.41) is 6.30. The van der Waals surface area contributed by atoms with Gasteiger partial charge < -0.3 is 15.2 Å². The minimum Gasteiger partial charge on any atom is -0.354 e. The number of carbonyl (C=O) groups is 1. The van der Waals surface area contributed by atoms with E-state index in [9.17, 15) is 4.79 Å². The van der Waals surface area contributed by atoms with Crippen molar-refractivity contribution < 1.29 is 4.79 Å². The SMILES string of the molecule is Cc1c(C(=O)NCc2cnc3c(c2)CNCC3)ccn1C.Cl. The molecule has 5 nitrogen and oxygen atoms in total. The van der Waals surface area contributed by atoms with Crippen molar-refractivity contribution in [2.45, 2.75) is 26.4 Å². The van der Waals surface area contributed by atoms with E-state index in [4.69, 9.17) is 0 Å². The first-order valence-electron chi connectivity index (χ1n) is 7.22. The van der Waals surface area contributed by atoms with Crippen molar-refractivity contribution in [2.24, 2.45) is 7.05 Å². The summed E-state index contributed by atoms with van der Waals surface area (Å²) in [6.07, 6.45) is 4.74. The summed E-state index contributed by atoms with van der Waals surface area (Å²) >= 11 is 0. The molecule has 2 aromatic heterocycles. The quantitative estimate of drug-likeness (QED) is 0.905. The van der Waals surface area contributed by atoms with Crippen LogP contribution in [0.4, 0.5) is 0 Å². The Kier molecular flexibility index (Phi) is 5.21. The molecule has 0 radical (unpaired) electrons. The van der Waals surface area contributed by atoms with Gasteiger partial charge in [0.2, 0.25) is 0 Å². The second-order valence-electron chi connectivity index (χ2n) is 5.48. The number of rotatable bonds is 3. The number of pyridine rings is 1. The maximum Gasteiger partial charge on any atom is 0.253 e. The van der Waals surface area contributed by atoms with Gasteiger partial charge in [-0.15, -0.1) is 12.4 Å². The molecule has 1 aliphatic heterocycles. The molecule has 2 N–H and O–H groups in total. The van der Waals surface area contributed by atoms with Crippen molar-refractivity contribution in [1.82, 2.24) is 20.2 Å². The number of hydrogen-bond donors (Lipinski definition) is 2. The average Bonchev–Trinajstić information content (AvgIpc) is 2.84. The summed E-state index contributed by atoms with van der Waals surface area (Å²) in [6.45, 7) is 4.31. The third kappa shape index (κ3) is 3.31. The second kappa shape index (κ2) is 6.94. The van der Waals surface area contributed by atoms with Crippen LogP contribution in [0.25, 0.3) is 0 Å². The van der Waals surface area contributed by atoms with E-state index in [1.807, 2.05) is 37.0 Å². The highest BCUT2D eigenvalue weighted by Gasteiger charge is 2.13. The number of amides is 1. The lowest BCUT2D eigenvalue weighted by atomic mass is 10.1. The summed E-state index contributed by atoms with van der Waals surface area (Å²) < 4.78 is 1.95. The van der Waals surface area contributed by atoms with Crippen LogP contribution in [0.3, 0.4) is 0 Å². The summed E-state index contributed by atoms with van der Waals surface area (Å²) in [4.78, 5) is 16.7. The van der Waals surface area contributed by atoms with E-state index in [1.165, 1.54) is 11.3 Å². The smallest absolute Gasteiger partial charge is 0.253 e. The normalized spacial score (nSPS) is 13.2. The molecule has 0 spiro atoms. The second-order valence-corrected chi connectivity index (χ2v) is 5.48. The number of hydrogen-bond acceptors (Lipinski definition) is 3. The van der Waals surface area contributed by atoms with Gasteiger partial charge in [0.1, 0.15) is 0 Å². The molecule has 118 valence electrons. The van der Waals surface area contributed by atoms with Crippen molar-refractivity contribution >= 4 is 18.3 Å². The number of aryl methyl sites for hydroxylation is 1. The summed E-state index contributed by atoms with van der Waals surface area (Å²) in [5.41, 5.74) is 5.15. The van der Waals surface area contributed by atoms with E-state index < -0.39 is 0 Å². The van der Waals surface area contributed by atoms with Gasteiger partial charge in [-0.25, -0.2) is 0 Å². The van der Waals surface area contributed by atoms with Gasteiger partial charge in [-0.05, 0) is 30.2 Å². The van der Waals surface area contributed by atoms with Crippen LogP contribution in [0.15, 0.2) is 24.5 Å². The Balaban J connectivity index is 0.00000176. The minimum atomic E-state index is -0.0380. The predicted octanol–water partition coefficient (Wildman–Crippen LogP) is 1.73. The first-order valence-corrected chi connectivity index (χ1v) is 7.22. The van der Waals surface area contributed by atoms with Gasteiger partial charge in [0.15, 0.2) is 0 Å². The first-order chi connectivity index (χ1) is 10.1. The zero-order valence-electron chi connectivity index (χ0n) is 12.8. The molecule has 22 heavy (non-hydrogen) atoms. The molecular formula is C16H21ClN4O. The molecule has 0 aliphatic carbocycles. The van der Waals surface area contributed by atoms with E-state index in [2.05, 4.69) is 21.7 Å². The van der Waals surface area contributed by atoms with Crippen LogP contribution in [0.2, 0.25) is 0 Å². The molecule has 1 aliphatic rings. The third-order valence-corrected chi connectivity index (χ3v) is 4.05. The number of fused-ring (bicyclic) bond motifs is 1. The summed E-state index contributed by atoms with van der Waals surface area (Å²) in [7, 11) is 1.94. The van der Waals surface area contributed by atoms with Crippen molar-refractivity contribution in [3.63, 3.8) is 0 Å². The molecular weight excluding hydrogens is 300 g/mol. The van der Waals surface area contributed by atoms with Gasteiger partial charge in [0.05, 0.1) is 5.56 Å². The number of halogens is 1. The molecule has 0 bridgehead atoms. The zero-order valence-corrected chi connectivity index (χ0v) is 13.7. The molecule has 0 aromatic carbocycles. The minimum absolute atomic E-state index is 0. The fraction of sp³-hybridized carbons (Fsp3) is 0.375. The van der Waals surface area contributed by atoms with Crippen LogP contribution in [0.5, 0.6) is 0 Å². The van der Waals surface area contributed by atoms with Crippen LogP contribution in [0, 0.1) is 6.92 Å². The highest BCUT2D eigenvalue weighted by Crippen LogP contribution is 2.13. The largest absolute Gasteiger partial charge is 0.354 e. The van der Waals surface area contributed by atoms with E-state index >= 15 is 0 Å². The molecule has 2 aromatic rings. The van der Waals surface area contributed by atoms with Crippen LogP contribution in [-0.4, -0.2) is 22.0 Å². The molecule has 6 heteroatoms. The topological polar surface area (TPSA) is 59.0 Å². The molecule has 0 saturated heterocycles. The van der Waals surface area contributed by atoms with Crippen LogP contribution < -0.4 is 10.6 Å². The maximum atomic E-state index is 12.2. The zero-order chi connectivity index (χ0) is 14.8. The Hall–Kier alpha value is -1.85. The Morgan fingerprint density at radius 1 is 1.50 bits per heavy atom. The van der Waals surface area contributed by atoms with Gasteiger partial charge in [0, 0.05) is 56.9 Å². The van der Waals surface area contributed by atoms with E-state index in [0.717, 1.165) is 36.3 Å². The van der Waals surface area contributed by atoms with Gasteiger partial charge >= 0.3 is 0 Å². The Morgan fingerprint density at radius 2 is 2.32 bits per heavy atom. The van der Waals surface area contributed by atoms with E-state index in [-0.39, 0.29) is 18.3 Å². The highest BCUT2D eigenvalue weighted by molar-refractivity contribution is 5.95. The Labute approximate surface area is 136 Å². The lowest BCUT2D eigenvalue weighted by molar-refractivity contribution is 0.0950. The monoisotopic (exact) mass is 320 g/mol. The van der Waals surface area contributed by atoms with Crippen LogP contribution >= 0.6 is 12.4 Å². The molecule has 3 rings (SSSR count). The average molecular weight is 321 g/mol. The molecule has 0 saturated carbocycles. The number of nitrogens with zero attached hydrogens (tertiary/aromatic N) is 2.